The summed E-state index contributed by atoms with van der Waals surface area (Å²) in [6, 6.07) is 1.31. The molecule has 1 aliphatic carbocycles. The van der Waals surface area contributed by atoms with E-state index in [0.717, 1.165) is 37.0 Å². The van der Waals surface area contributed by atoms with Gasteiger partial charge in [0.2, 0.25) is 10.0 Å². The number of nitrogens with zero attached hydrogens (tertiary/aromatic N) is 1. The first kappa shape index (κ1) is 15.2. The van der Waals surface area contributed by atoms with Gasteiger partial charge in [0.25, 0.3) is 0 Å². The largest absolute Gasteiger partial charge is 0.477 e. The fraction of sp³-hybridized carbons (Fsp3) is 0.462. The van der Waals surface area contributed by atoms with E-state index >= 15 is 0 Å². The first-order valence-corrected chi connectivity index (χ1v) is 8.74. The van der Waals surface area contributed by atoms with Crippen molar-refractivity contribution in [1.82, 2.24) is 4.31 Å². The Morgan fingerprint density at radius 1 is 1.50 bits per heavy atom. The first-order chi connectivity index (χ1) is 9.48. The van der Waals surface area contributed by atoms with Crippen LogP contribution < -0.4 is 0 Å². The normalized spacial score (nSPS) is 16.6. The van der Waals surface area contributed by atoms with E-state index in [-0.39, 0.29) is 22.4 Å². The number of thiophene rings is 1. The fourth-order valence-electron chi connectivity index (χ4n) is 2.55. The van der Waals surface area contributed by atoms with Crippen molar-refractivity contribution in [2.24, 2.45) is 0 Å². The molecule has 0 aliphatic heterocycles. The molecule has 0 saturated heterocycles. The number of aromatic carboxylic acids is 1. The molecule has 110 valence electrons. The van der Waals surface area contributed by atoms with Crippen LogP contribution in [0.3, 0.4) is 0 Å². The number of hydrogen-bond donors (Lipinski definition) is 1. The van der Waals surface area contributed by atoms with E-state index < -0.39 is 16.0 Å². The van der Waals surface area contributed by atoms with Gasteiger partial charge < -0.3 is 5.11 Å². The van der Waals surface area contributed by atoms with Gasteiger partial charge >= 0.3 is 5.97 Å². The highest BCUT2D eigenvalue weighted by atomic mass is 32.2. The highest BCUT2D eigenvalue weighted by Crippen LogP contribution is 2.31. The van der Waals surface area contributed by atoms with Crippen LogP contribution in [0.4, 0.5) is 0 Å². The van der Waals surface area contributed by atoms with Crippen LogP contribution in [0.25, 0.3) is 0 Å². The Labute approximate surface area is 122 Å². The lowest BCUT2D eigenvalue weighted by atomic mass is 10.2. The second-order valence-corrected chi connectivity index (χ2v) is 7.50. The van der Waals surface area contributed by atoms with Crippen molar-refractivity contribution in [3.8, 4) is 0 Å². The second kappa shape index (κ2) is 6.07. The number of sulfonamides is 1. The molecule has 1 N–H and O–H groups in total. The van der Waals surface area contributed by atoms with E-state index in [4.69, 9.17) is 5.11 Å². The summed E-state index contributed by atoms with van der Waals surface area (Å²) < 4.78 is 26.8. The highest BCUT2D eigenvalue weighted by molar-refractivity contribution is 7.89. The van der Waals surface area contributed by atoms with Gasteiger partial charge in [0, 0.05) is 12.6 Å². The average Bonchev–Trinajstić information content (AvgIpc) is 3.06. The van der Waals surface area contributed by atoms with Gasteiger partial charge in [0.1, 0.15) is 9.77 Å². The van der Waals surface area contributed by atoms with Crippen molar-refractivity contribution in [2.45, 2.75) is 36.6 Å². The van der Waals surface area contributed by atoms with Gasteiger partial charge in [-0.1, -0.05) is 18.9 Å². The fourth-order valence-corrected chi connectivity index (χ4v) is 5.44. The molecule has 0 aromatic carbocycles. The number of rotatable bonds is 6. The molecule has 1 fully saturated rings. The smallest absolute Gasteiger partial charge is 0.347 e. The lowest BCUT2D eigenvalue weighted by Crippen LogP contribution is -2.39. The monoisotopic (exact) mass is 315 g/mol. The van der Waals surface area contributed by atoms with Crippen LogP contribution in [0.15, 0.2) is 29.0 Å². The summed E-state index contributed by atoms with van der Waals surface area (Å²) in [6.07, 6.45) is 5.19. The zero-order valence-electron chi connectivity index (χ0n) is 11.0. The van der Waals surface area contributed by atoms with E-state index in [1.54, 1.807) is 6.08 Å². The molecule has 7 heteroatoms. The second-order valence-electron chi connectivity index (χ2n) is 4.72. The summed E-state index contributed by atoms with van der Waals surface area (Å²) in [7, 11) is -3.79. The Balaban J connectivity index is 2.41. The van der Waals surface area contributed by atoms with Crippen LogP contribution in [-0.4, -0.2) is 36.4 Å². The molecule has 0 unspecified atom stereocenters. The summed E-state index contributed by atoms with van der Waals surface area (Å²) in [4.78, 5) is 10.9. The third-order valence-electron chi connectivity index (χ3n) is 3.45. The molecular formula is C13H17NO4S2. The van der Waals surface area contributed by atoms with Crippen molar-refractivity contribution in [3.63, 3.8) is 0 Å². The van der Waals surface area contributed by atoms with E-state index in [0.29, 0.717) is 0 Å². The van der Waals surface area contributed by atoms with Gasteiger partial charge in [-0.15, -0.1) is 17.9 Å². The van der Waals surface area contributed by atoms with Crippen molar-refractivity contribution >= 4 is 27.3 Å². The molecule has 0 bridgehead atoms. The van der Waals surface area contributed by atoms with Crippen LogP contribution >= 0.6 is 11.3 Å². The van der Waals surface area contributed by atoms with E-state index in [1.807, 2.05) is 0 Å². The van der Waals surface area contributed by atoms with Crippen molar-refractivity contribution in [2.75, 3.05) is 6.54 Å². The zero-order chi connectivity index (χ0) is 14.8. The summed E-state index contributed by atoms with van der Waals surface area (Å²) in [5.74, 6) is -1.21. The van der Waals surface area contributed by atoms with Gasteiger partial charge in [-0.25, -0.2) is 13.2 Å². The Hall–Kier alpha value is -1.18. The van der Waals surface area contributed by atoms with Gasteiger partial charge in [0.05, 0.1) is 0 Å². The third kappa shape index (κ3) is 2.79. The number of carboxylic acid groups (broad SMARTS) is 1. The van der Waals surface area contributed by atoms with Crippen molar-refractivity contribution in [1.29, 1.82) is 0 Å². The maximum atomic E-state index is 12.7. The molecule has 0 atom stereocenters. The van der Waals surface area contributed by atoms with Gasteiger partial charge in [0.15, 0.2) is 0 Å². The van der Waals surface area contributed by atoms with Crippen LogP contribution in [0.5, 0.6) is 0 Å². The predicted molar refractivity (Wildman–Crippen MR) is 77.6 cm³/mol. The molecule has 1 aromatic rings. The van der Waals surface area contributed by atoms with Crippen LogP contribution in [0, 0.1) is 0 Å². The quantitative estimate of drug-likeness (QED) is 0.819. The van der Waals surface area contributed by atoms with Crippen LogP contribution in [0.2, 0.25) is 0 Å². The van der Waals surface area contributed by atoms with E-state index in [1.165, 1.54) is 15.8 Å². The molecule has 1 heterocycles. The molecule has 0 radical (unpaired) electrons. The Kier molecular flexibility index (Phi) is 4.62. The molecular weight excluding hydrogens is 298 g/mol. The average molecular weight is 315 g/mol. The number of carboxylic acids is 1. The number of carbonyl (C=O) groups is 1. The molecule has 20 heavy (non-hydrogen) atoms. The third-order valence-corrected chi connectivity index (χ3v) is 6.44. The minimum Gasteiger partial charge on any atom is -0.477 e. The standard InChI is InChI=1S/C13H17NO4S2/c1-2-8-14(10-5-3-4-6-10)20(17,18)11-7-9-19-12(11)13(15)16/h2,7,9-10H,1,3-6,8H2,(H,15,16). The lowest BCUT2D eigenvalue weighted by molar-refractivity contribution is 0.0698. The minimum atomic E-state index is -3.79. The highest BCUT2D eigenvalue weighted by Gasteiger charge is 2.35. The first-order valence-electron chi connectivity index (χ1n) is 6.42. The summed E-state index contributed by atoms with van der Waals surface area (Å²) in [6.45, 7) is 3.81. The SMILES string of the molecule is C=CCN(C1CCCC1)S(=O)(=O)c1ccsc1C(=O)O. The maximum absolute atomic E-state index is 12.7. The molecule has 0 spiro atoms. The molecule has 2 rings (SSSR count). The summed E-state index contributed by atoms with van der Waals surface area (Å²) >= 11 is 0.931. The lowest BCUT2D eigenvalue weighted by Gasteiger charge is -2.26. The van der Waals surface area contributed by atoms with E-state index in [2.05, 4.69) is 6.58 Å². The molecule has 0 amide bonds. The molecule has 1 aromatic heterocycles. The topological polar surface area (TPSA) is 74.7 Å². The minimum absolute atomic E-state index is 0.0560. The summed E-state index contributed by atoms with van der Waals surface area (Å²) in [5, 5.41) is 10.6. The molecule has 1 aliphatic rings. The van der Waals surface area contributed by atoms with Gasteiger partial charge in [-0.05, 0) is 24.3 Å². The van der Waals surface area contributed by atoms with Crippen molar-refractivity contribution < 1.29 is 18.3 Å². The Morgan fingerprint density at radius 3 is 2.70 bits per heavy atom. The zero-order valence-corrected chi connectivity index (χ0v) is 12.6. The summed E-state index contributed by atoms with van der Waals surface area (Å²) in [5.41, 5.74) is 0. The maximum Gasteiger partial charge on any atom is 0.347 e. The van der Waals surface area contributed by atoms with Gasteiger partial charge in [-0.3, -0.25) is 0 Å². The van der Waals surface area contributed by atoms with Crippen molar-refractivity contribution in [3.05, 3.63) is 29.0 Å². The Morgan fingerprint density at radius 2 is 2.15 bits per heavy atom. The van der Waals surface area contributed by atoms with E-state index in [9.17, 15) is 13.2 Å². The molecule has 1 saturated carbocycles. The number of hydrogen-bond acceptors (Lipinski definition) is 4. The van der Waals surface area contributed by atoms with Crippen LogP contribution in [0.1, 0.15) is 35.4 Å². The predicted octanol–water partition coefficient (Wildman–Crippen LogP) is 2.57. The Bertz CT molecular complexity index is 600. The molecule has 5 nitrogen and oxygen atoms in total. The van der Waals surface area contributed by atoms with Crippen LogP contribution in [-0.2, 0) is 10.0 Å². The van der Waals surface area contributed by atoms with Gasteiger partial charge in [-0.2, -0.15) is 4.31 Å².